The van der Waals surface area contributed by atoms with Crippen molar-refractivity contribution in [3.63, 3.8) is 0 Å². The van der Waals surface area contributed by atoms with Crippen molar-refractivity contribution in [3.05, 3.63) is 40.3 Å². The van der Waals surface area contributed by atoms with Crippen LogP contribution >= 0.6 is 11.3 Å². The Morgan fingerprint density at radius 3 is 2.62 bits per heavy atom. The van der Waals surface area contributed by atoms with E-state index in [0.717, 1.165) is 4.52 Å². The van der Waals surface area contributed by atoms with Gasteiger partial charge in [-0.1, -0.05) is 6.07 Å². The summed E-state index contributed by atoms with van der Waals surface area (Å²) < 4.78 is 40.1. The average molecular weight is 468 g/mol. The monoisotopic (exact) mass is 467 g/mol. The second-order valence-electron chi connectivity index (χ2n) is 7.98. The number of amides is 1. The summed E-state index contributed by atoms with van der Waals surface area (Å²) in [5.74, 6) is -0.867. The molecule has 1 fully saturated rings. The highest BCUT2D eigenvalue weighted by Crippen LogP contribution is 2.29. The van der Waals surface area contributed by atoms with Crippen LogP contribution in [0.1, 0.15) is 29.6 Å². The zero-order valence-electron chi connectivity index (χ0n) is 17.7. The highest BCUT2D eigenvalue weighted by Gasteiger charge is 2.38. The standard InChI is InChI=1S/C20H24F3N7OS/c1-28(2)14(15-4-3-11-32-15)12-24-18(31)13-7-9-29(10-8-13)17-6-5-16-25-26-19(20(21,22)23)30(16)27-17/h3-6,11,13-14H,7-10,12H2,1-2H3,(H,24,31). The topological polar surface area (TPSA) is 78.7 Å². The van der Waals surface area contributed by atoms with Crippen LogP contribution in [-0.4, -0.2) is 64.3 Å². The maximum Gasteiger partial charge on any atom is 0.453 e. The molecule has 4 heterocycles. The van der Waals surface area contributed by atoms with Crippen molar-refractivity contribution in [2.75, 3.05) is 38.6 Å². The van der Waals surface area contributed by atoms with Gasteiger partial charge in [-0.3, -0.25) is 4.79 Å². The fourth-order valence-corrected chi connectivity index (χ4v) is 4.78. The first-order valence-electron chi connectivity index (χ1n) is 10.3. The number of anilines is 1. The molecule has 1 aliphatic rings. The van der Waals surface area contributed by atoms with Crippen molar-refractivity contribution in [2.45, 2.75) is 25.1 Å². The molecule has 8 nitrogen and oxygen atoms in total. The molecule has 1 N–H and O–H groups in total. The summed E-state index contributed by atoms with van der Waals surface area (Å²) in [4.78, 5) is 17.9. The second-order valence-corrected chi connectivity index (χ2v) is 8.96. The van der Waals surface area contributed by atoms with E-state index in [9.17, 15) is 18.0 Å². The van der Waals surface area contributed by atoms with E-state index in [1.165, 1.54) is 10.9 Å². The SMILES string of the molecule is CN(C)C(CNC(=O)C1CCN(c2ccc3nnc(C(F)(F)F)n3n2)CC1)c1cccs1. The Kier molecular flexibility index (Phi) is 6.33. The molecule has 0 aromatic carbocycles. The number of fused-ring (bicyclic) bond motifs is 1. The average Bonchev–Trinajstić information content (AvgIpc) is 3.43. The van der Waals surface area contributed by atoms with Crippen LogP contribution in [0.2, 0.25) is 0 Å². The molecule has 12 heteroatoms. The molecular formula is C20H24F3N7OS. The van der Waals surface area contributed by atoms with E-state index >= 15 is 0 Å². The molecule has 1 amide bonds. The van der Waals surface area contributed by atoms with Gasteiger partial charge in [-0.15, -0.1) is 26.6 Å². The number of hydrogen-bond donors (Lipinski definition) is 1. The van der Waals surface area contributed by atoms with Gasteiger partial charge in [-0.25, -0.2) is 0 Å². The normalized spacial score (nSPS) is 16.6. The van der Waals surface area contributed by atoms with Gasteiger partial charge < -0.3 is 15.1 Å². The Hall–Kier alpha value is -2.73. The number of thiophene rings is 1. The van der Waals surface area contributed by atoms with Crippen LogP contribution < -0.4 is 10.2 Å². The number of alkyl halides is 3. The third kappa shape index (κ3) is 4.70. The maximum atomic E-state index is 13.1. The van der Waals surface area contributed by atoms with Crippen LogP contribution in [-0.2, 0) is 11.0 Å². The Balaban J connectivity index is 1.36. The highest BCUT2D eigenvalue weighted by atomic mass is 32.1. The Morgan fingerprint density at radius 2 is 2.00 bits per heavy atom. The van der Waals surface area contributed by atoms with Gasteiger partial charge in [0.05, 0.1) is 6.04 Å². The number of nitrogens with one attached hydrogen (secondary N) is 1. The molecule has 3 aromatic heterocycles. The molecule has 0 spiro atoms. The van der Waals surface area contributed by atoms with Gasteiger partial charge in [0, 0.05) is 30.4 Å². The number of rotatable bonds is 6. The molecular weight excluding hydrogens is 443 g/mol. The lowest BCUT2D eigenvalue weighted by atomic mass is 9.95. The lowest BCUT2D eigenvalue weighted by molar-refractivity contribution is -0.146. The highest BCUT2D eigenvalue weighted by molar-refractivity contribution is 7.10. The second kappa shape index (κ2) is 9.02. The fraction of sp³-hybridized carbons (Fsp3) is 0.500. The Bertz CT molecular complexity index is 1060. The number of carbonyl (C=O) groups is 1. The minimum absolute atomic E-state index is 0.00892. The summed E-state index contributed by atoms with van der Waals surface area (Å²) in [6.45, 7) is 1.59. The molecule has 0 radical (unpaired) electrons. The zero-order valence-corrected chi connectivity index (χ0v) is 18.5. The van der Waals surface area contributed by atoms with Gasteiger partial charge in [-0.05, 0) is 50.5 Å². The molecule has 4 rings (SSSR count). The third-order valence-corrected chi connectivity index (χ3v) is 6.63. The molecule has 1 aliphatic heterocycles. The number of piperidine rings is 1. The Labute approximate surface area is 187 Å². The summed E-state index contributed by atoms with van der Waals surface area (Å²) in [6, 6.07) is 7.27. The number of likely N-dealkylation sites (N-methyl/N-ethyl adjacent to an activating group) is 1. The summed E-state index contributed by atoms with van der Waals surface area (Å²) in [5.41, 5.74) is 0.0384. The molecule has 1 unspecified atom stereocenters. The van der Waals surface area contributed by atoms with E-state index < -0.39 is 12.0 Å². The predicted molar refractivity (Wildman–Crippen MR) is 114 cm³/mol. The predicted octanol–water partition coefficient (Wildman–Crippen LogP) is 2.84. The number of aromatic nitrogens is 4. The first kappa shape index (κ1) is 22.5. The minimum Gasteiger partial charge on any atom is -0.355 e. The van der Waals surface area contributed by atoms with E-state index in [2.05, 4.69) is 31.6 Å². The van der Waals surface area contributed by atoms with Gasteiger partial charge in [0.15, 0.2) is 5.65 Å². The summed E-state index contributed by atoms with van der Waals surface area (Å²) in [6.07, 6.45) is -3.43. The largest absolute Gasteiger partial charge is 0.453 e. The lowest BCUT2D eigenvalue weighted by Gasteiger charge is -2.32. The van der Waals surface area contributed by atoms with Crippen molar-refractivity contribution in [1.29, 1.82) is 0 Å². The van der Waals surface area contributed by atoms with Gasteiger partial charge in [0.25, 0.3) is 5.82 Å². The van der Waals surface area contributed by atoms with Gasteiger partial charge >= 0.3 is 6.18 Å². The molecule has 1 saturated heterocycles. The van der Waals surface area contributed by atoms with Crippen LogP contribution in [0.15, 0.2) is 29.6 Å². The minimum atomic E-state index is -4.64. The van der Waals surface area contributed by atoms with Crippen LogP contribution in [0.25, 0.3) is 5.65 Å². The van der Waals surface area contributed by atoms with Crippen molar-refractivity contribution >= 4 is 28.7 Å². The molecule has 0 aliphatic carbocycles. The van der Waals surface area contributed by atoms with Crippen LogP contribution in [0, 0.1) is 5.92 Å². The fourth-order valence-electron chi connectivity index (χ4n) is 3.86. The summed E-state index contributed by atoms with van der Waals surface area (Å²) >= 11 is 1.66. The molecule has 1 atom stereocenters. The van der Waals surface area contributed by atoms with Gasteiger partial charge in [0.1, 0.15) is 5.82 Å². The molecule has 0 saturated carbocycles. The quantitative estimate of drug-likeness (QED) is 0.601. The first-order valence-corrected chi connectivity index (χ1v) is 11.1. The molecule has 3 aromatic rings. The van der Waals surface area contributed by atoms with E-state index in [-0.39, 0.29) is 23.5 Å². The van der Waals surface area contributed by atoms with E-state index in [1.54, 1.807) is 17.4 Å². The summed E-state index contributed by atoms with van der Waals surface area (Å²) in [5, 5.41) is 15.9. The van der Waals surface area contributed by atoms with E-state index in [1.807, 2.05) is 30.4 Å². The van der Waals surface area contributed by atoms with Crippen molar-refractivity contribution in [3.8, 4) is 0 Å². The van der Waals surface area contributed by atoms with Crippen molar-refractivity contribution in [1.82, 2.24) is 30.0 Å². The number of carbonyl (C=O) groups excluding carboxylic acids is 1. The first-order chi connectivity index (χ1) is 15.2. The van der Waals surface area contributed by atoms with Crippen LogP contribution in [0.4, 0.5) is 19.0 Å². The number of halogens is 3. The van der Waals surface area contributed by atoms with Gasteiger partial charge in [-0.2, -0.15) is 17.7 Å². The van der Waals surface area contributed by atoms with Crippen molar-refractivity contribution in [2.24, 2.45) is 5.92 Å². The molecule has 172 valence electrons. The zero-order chi connectivity index (χ0) is 22.9. The van der Waals surface area contributed by atoms with Crippen molar-refractivity contribution < 1.29 is 18.0 Å². The Morgan fingerprint density at radius 1 is 1.25 bits per heavy atom. The van der Waals surface area contributed by atoms with E-state index in [4.69, 9.17) is 0 Å². The smallest absolute Gasteiger partial charge is 0.355 e. The van der Waals surface area contributed by atoms with Crippen LogP contribution in [0.5, 0.6) is 0 Å². The number of nitrogens with zero attached hydrogens (tertiary/aromatic N) is 6. The van der Waals surface area contributed by atoms with Gasteiger partial charge in [0.2, 0.25) is 5.91 Å². The summed E-state index contributed by atoms with van der Waals surface area (Å²) in [7, 11) is 3.97. The number of hydrogen-bond acceptors (Lipinski definition) is 7. The van der Waals surface area contributed by atoms with E-state index in [0.29, 0.717) is 38.3 Å². The van der Waals surface area contributed by atoms with Crippen LogP contribution in [0.3, 0.4) is 0 Å². The third-order valence-electron chi connectivity index (χ3n) is 5.66. The molecule has 32 heavy (non-hydrogen) atoms. The lowest BCUT2D eigenvalue weighted by Crippen LogP contribution is -2.43. The molecule has 0 bridgehead atoms. The maximum absolute atomic E-state index is 13.1.